The van der Waals surface area contributed by atoms with Crippen molar-refractivity contribution in [2.75, 3.05) is 37.7 Å². The summed E-state index contributed by atoms with van der Waals surface area (Å²) in [6, 6.07) is 11.7. The van der Waals surface area contributed by atoms with Gasteiger partial charge in [0, 0.05) is 51.4 Å². The molecule has 0 spiro atoms. The van der Waals surface area contributed by atoms with E-state index in [1.165, 1.54) is 0 Å². The van der Waals surface area contributed by atoms with Gasteiger partial charge >= 0.3 is 0 Å². The molecule has 0 unspecified atom stereocenters. The number of amides is 2. The molecule has 2 aromatic rings. The molecule has 0 bridgehead atoms. The molecule has 0 aliphatic carbocycles. The first-order valence-corrected chi connectivity index (χ1v) is 10.0. The normalized spacial score (nSPS) is 18.6. The number of hydrogen-bond donors (Lipinski definition) is 1. The smallest absolute Gasteiger partial charge is 0.227 e. The number of carbonyl (C=O) groups excluding carboxylic acids is 2. The van der Waals surface area contributed by atoms with Crippen molar-refractivity contribution >= 4 is 17.6 Å². The quantitative estimate of drug-likeness (QED) is 0.853. The molecule has 1 fully saturated rings. The number of nitrogens with one attached hydrogen (secondary N) is 1. The molecule has 4 rings (SSSR count). The van der Waals surface area contributed by atoms with Crippen LogP contribution in [0, 0.1) is 5.92 Å². The number of anilines is 1. The van der Waals surface area contributed by atoms with Gasteiger partial charge in [0.1, 0.15) is 18.2 Å². The van der Waals surface area contributed by atoms with Crippen LogP contribution in [0.15, 0.2) is 42.6 Å². The summed E-state index contributed by atoms with van der Waals surface area (Å²) in [5, 5.41) is 3.06. The Morgan fingerprint density at radius 2 is 1.93 bits per heavy atom. The average molecular weight is 394 g/mol. The Morgan fingerprint density at radius 1 is 1.14 bits per heavy atom. The summed E-state index contributed by atoms with van der Waals surface area (Å²) in [5.74, 6) is 1.66. The SMILES string of the molecule is CC(=O)N1CCN(c2ncccc2CNC(=O)[C@@H]2COc3ccccc3C2)CC1. The zero-order valence-corrected chi connectivity index (χ0v) is 16.6. The number of carbonyl (C=O) groups is 2. The lowest BCUT2D eigenvalue weighted by molar-refractivity contribution is -0.129. The molecule has 0 radical (unpaired) electrons. The summed E-state index contributed by atoms with van der Waals surface area (Å²) in [6.45, 7) is 5.29. The maximum absolute atomic E-state index is 12.7. The van der Waals surface area contributed by atoms with E-state index in [1.807, 2.05) is 41.3 Å². The molecule has 1 saturated heterocycles. The fourth-order valence-electron chi connectivity index (χ4n) is 3.91. The van der Waals surface area contributed by atoms with Crippen molar-refractivity contribution in [2.45, 2.75) is 19.9 Å². The average Bonchev–Trinajstić information content (AvgIpc) is 2.77. The Hall–Kier alpha value is -3.09. The van der Waals surface area contributed by atoms with Crippen molar-refractivity contribution in [1.82, 2.24) is 15.2 Å². The minimum Gasteiger partial charge on any atom is -0.492 e. The van der Waals surface area contributed by atoms with Crippen LogP contribution in [0.25, 0.3) is 0 Å². The van der Waals surface area contributed by atoms with Gasteiger partial charge < -0.3 is 19.9 Å². The topological polar surface area (TPSA) is 74.8 Å². The van der Waals surface area contributed by atoms with Gasteiger partial charge in [0.2, 0.25) is 11.8 Å². The number of pyridine rings is 1. The number of ether oxygens (including phenoxy) is 1. The van der Waals surface area contributed by atoms with E-state index in [-0.39, 0.29) is 17.7 Å². The molecule has 1 aromatic heterocycles. The molecular weight excluding hydrogens is 368 g/mol. The fraction of sp³-hybridized carbons (Fsp3) is 0.409. The summed E-state index contributed by atoms with van der Waals surface area (Å²) in [6.07, 6.45) is 2.46. The minimum absolute atomic E-state index is 0.00398. The summed E-state index contributed by atoms with van der Waals surface area (Å²) >= 11 is 0. The Morgan fingerprint density at radius 3 is 2.72 bits per heavy atom. The van der Waals surface area contributed by atoms with E-state index in [0.717, 1.165) is 35.8 Å². The summed E-state index contributed by atoms with van der Waals surface area (Å²) in [7, 11) is 0. The van der Waals surface area contributed by atoms with E-state index >= 15 is 0 Å². The van der Waals surface area contributed by atoms with Crippen LogP contribution in [0.5, 0.6) is 5.75 Å². The van der Waals surface area contributed by atoms with Crippen molar-refractivity contribution in [2.24, 2.45) is 5.92 Å². The second kappa shape index (κ2) is 8.51. The van der Waals surface area contributed by atoms with Crippen LogP contribution >= 0.6 is 0 Å². The lowest BCUT2D eigenvalue weighted by Crippen LogP contribution is -2.48. The van der Waals surface area contributed by atoms with Gasteiger partial charge in [-0.3, -0.25) is 9.59 Å². The summed E-state index contributed by atoms with van der Waals surface area (Å²) in [4.78, 5) is 32.8. The first-order valence-electron chi connectivity index (χ1n) is 10.0. The van der Waals surface area contributed by atoms with Crippen molar-refractivity contribution in [1.29, 1.82) is 0 Å². The van der Waals surface area contributed by atoms with Gasteiger partial charge in [0.05, 0.1) is 5.92 Å². The standard InChI is InChI=1S/C22H26N4O3/c1-16(27)25-9-11-26(12-10-25)21-18(6-4-8-23-21)14-24-22(28)19-13-17-5-2-3-7-20(17)29-15-19/h2-8,19H,9-15H2,1H3,(H,24,28)/t19-/m0/s1. The summed E-state index contributed by atoms with van der Waals surface area (Å²) < 4.78 is 5.74. The van der Waals surface area contributed by atoms with Crippen LogP contribution in [0.2, 0.25) is 0 Å². The number of piperazine rings is 1. The Balaban J connectivity index is 1.37. The Labute approximate surface area is 170 Å². The predicted molar refractivity (Wildman–Crippen MR) is 110 cm³/mol. The molecule has 152 valence electrons. The molecule has 3 heterocycles. The van der Waals surface area contributed by atoms with E-state index < -0.39 is 0 Å². The van der Waals surface area contributed by atoms with Crippen LogP contribution in [-0.4, -0.2) is 54.5 Å². The van der Waals surface area contributed by atoms with Crippen molar-refractivity contribution in [3.63, 3.8) is 0 Å². The maximum atomic E-state index is 12.7. The molecule has 7 heteroatoms. The number of nitrogens with zero attached hydrogens (tertiary/aromatic N) is 3. The largest absolute Gasteiger partial charge is 0.492 e. The third-order valence-corrected chi connectivity index (χ3v) is 5.59. The predicted octanol–water partition coefficient (Wildman–Crippen LogP) is 1.62. The fourth-order valence-corrected chi connectivity index (χ4v) is 3.91. The van der Waals surface area contributed by atoms with Crippen LogP contribution in [0.4, 0.5) is 5.82 Å². The summed E-state index contributed by atoms with van der Waals surface area (Å²) in [5.41, 5.74) is 2.05. The van der Waals surface area contributed by atoms with Crippen LogP contribution in [0.1, 0.15) is 18.1 Å². The van der Waals surface area contributed by atoms with Gasteiger partial charge in [0.15, 0.2) is 0 Å². The zero-order valence-electron chi connectivity index (χ0n) is 16.6. The highest BCUT2D eigenvalue weighted by Gasteiger charge is 2.26. The number of aromatic nitrogens is 1. The van der Waals surface area contributed by atoms with E-state index in [9.17, 15) is 9.59 Å². The van der Waals surface area contributed by atoms with Gasteiger partial charge in [-0.15, -0.1) is 0 Å². The van der Waals surface area contributed by atoms with Crippen molar-refractivity contribution < 1.29 is 14.3 Å². The molecule has 1 atom stereocenters. The van der Waals surface area contributed by atoms with Crippen LogP contribution in [0.3, 0.4) is 0 Å². The lowest BCUT2D eigenvalue weighted by atomic mass is 9.96. The Bertz CT molecular complexity index is 893. The zero-order chi connectivity index (χ0) is 20.2. The van der Waals surface area contributed by atoms with Crippen LogP contribution in [-0.2, 0) is 22.6 Å². The number of rotatable bonds is 4. The van der Waals surface area contributed by atoms with Crippen LogP contribution < -0.4 is 15.0 Å². The van der Waals surface area contributed by atoms with Crippen molar-refractivity contribution in [3.05, 3.63) is 53.7 Å². The number of benzene rings is 1. The molecule has 2 aliphatic rings. The van der Waals surface area contributed by atoms with Gasteiger partial charge in [0.25, 0.3) is 0 Å². The highest BCUT2D eigenvalue weighted by molar-refractivity contribution is 5.79. The molecule has 1 aromatic carbocycles. The third kappa shape index (κ3) is 4.34. The number of fused-ring (bicyclic) bond motifs is 1. The first-order chi connectivity index (χ1) is 14.1. The Kier molecular flexibility index (Phi) is 5.64. The molecule has 29 heavy (non-hydrogen) atoms. The minimum atomic E-state index is -0.191. The second-order valence-electron chi connectivity index (χ2n) is 7.52. The van der Waals surface area contributed by atoms with E-state index in [2.05, 4.69) is 15.2 Å². The lowest BCUT2D eigenvalue weighted by Gasteiger charge is -2.35. The molecule has 1 N–H and O–H groups in total. The van der Waals surface area contributed by atoms with Gasteiger partial charge in [-0.25, -0.2) is 4.98 Å². The number of hydrogen-bond acceptors (Lipinski definition) is 5. The van der Waals surface area contributed by atoms with Crippen molar-refractivity contribution in [3.8, 4) is 5.75 Å². The molecule has 0 saturated carbocycles. The number of para-hydroxylation sites is 1. The highest BCUT2D eigenvalue weighted by Crippen LogP contribution is 2.27. The molecular formula is C22H26N4O3. The van der Waals surface area contributed by atoms with E-state index in [0.29, 0.717) is 32.7 Å². The van der Waals surface area contributed by atoms with E-state index in [1.54, 1.807) is 13.1 Å². The maximum Gasteiger partial charge on any atom is 0.227 e. The van der Waals surface area contributed by atoms with Gasteiger partial charge in [-0.2, -0.15) is 0 Å². The molecule has 2 amide bonds. The second-order valence-corrected chi connectivity index (χ2v) is 7.52. The first kappa shape index (κ1) is 19.2. The van der Waals surface area contributed by atoms with Gasteiger partial charge in [-0.05, 0) is 24.1 Å². The monoisotopic (exact) mass is 394 g/mol. The molecule has 2 aliphatic heterocycles. The van der Waals surface area contributed by atoms with Gasteiger partial charge in [-0.1, -0.05) is 24.3 Å². The highest BCUT2D eigenvalue weighted by atomic mass is 16.5. The third-order valence-electron chi connectivity index (χ3n) is 5.59. The van der Waals surface area contributed by atoms with E-state index in [4.69, 9.17) is 4.74 Å². The molecule has 7 nitrogen and oxygen atoms in total.